The highest BCUT2D eigenvalue weighted by Crippen LogP contribution is 2.24. The summed E-state index contributed by atoms with van der Waals surface area (Å²) in [5, 5.41) is 3.01. The van der Waals surface area contributed by atoms with Gasteiger partial charge in [0.1, 0.15) is 0 Å². The fourth-order valence-electron chi connectivity index (χ4n) is 3.75. The van der Waals surface area contributed by atoms with Gasteiger partial charge in [0, 0.05) is 18.7 Å². The maximum absolute atomic E-state index is 12.9. The number of benzene rings is 2. The van der Waals surface area contributed by atoms with E-state index in [2.05, 4.69) is 11.4 Å². The third kappa shape index (κ3) is 4.13. The van der Waals surface area contributed by atoms with E-state index < -0.39 is 10.0 Å². The van der Waals surface area contributed by atoms with Crippen molar-refractivity contribution in [1.29, 1.82) is 0 Å². The van der Waals surface area contributed by atoms with E-state index in [1.54, 1.807) is 12.1 Å². The predicted molar refractivity (Wildman–Crippen MR) is 111 cm³/mol. The first-order valence-corrected chi connectivity index (χ1v) is 11.1. The van der Waals surface area contributed by atoms with Crippen molar-refractivity contribution in [3.63, 3.8) is 0 Å². The van der Waals surface area contributed by atoms with E-state index in [1.165, 1.54) is 15.9 Å². The highest BCUT2D eigenvalue weighted by atomic mass is 32.2. The summed E-state index contributed by atoms with van der Waals surface area (Å²) >= 11 is 0. The second kappa shape index (κ2) is 8.05. The molecule has 1 atom stereocenters. The maximum atomic E-state index is 12.9. The highest BCUT2D eigenvalue weighted by Gasteiger charge is 2.28. The molecule has 0 saturated carbocycles. The fourth-order valence-corrected chi connectivity index (χ4v) is 5.29. The van der Waals surface area contributed by atoms with Gasteiger partial charge in [-0.3, -0.25) is 4.79 Å². The van der Waals surface area contributed by atoms with Gasteiger partial charge in [0.25, 0.3) is 5.91 Å². The quantitative estimate of drug-likeness (QED) is 0.828. The average molecular weight is 401 g/mol. The molecule has 28 heavy (non-hydrogen) atoms. The molecule has 3 rings (SSSR count). The van der Waals surface area contributed by atoms with Gasteiger partial charge in [-0.1, -0.05) is 29.8 Å². The van der Waals surface area contributed by atoms with Gasteiger partial charge in [-0.05, 0) is 69.4 Å². The van der Waals surface area contributed by atoms with Crippen LogP contribution < -0.4 is 5.32 Å². The van der Waals surface area contributed by atoms with Crippen molar-refractivity contribution < 1.29 is 13.2 Å². The van der Waals surface area contributed by atoms with Crippen molar-refractivity contribution in [2.75, 3.05) is 13.1 Å². The minimum atomic E-state index is -3.55. The molecule has 1 aliphatic heterocycles. The molecule has 0 aliphatic carbocycles. The predicted octanol–water partition coefficient (Wildman–Crippen LogP) is 3.89. The van der Waals surface area contributed by atoms with Gasteiger partial charge in [-0.15, -0.1) is 0 Å². The molecule has 2 aromatic rings. The van der Waals surface area contributed by atoms with Crippen LogP contribution in [0.25, 0.3) is 0 Å². The monoisotopic (exact) mass is 400 g/mol. The molecule has 150 valence electrons. The number of aryl methyl sites for hydroxylation is 3. The normalized spacial score (nSPS) is 16.1. The highest BCUT2D eigenvalue weighted by molar-refractivity contribution is 7.89. The van der Waals surface area contributed by atoms with Gasteiger partial charge in [0.2, 0.25) is 10.0 Å². The molecule has 1 saturated heterocycles. The van der Waals surface area contributed by atoms with Crippen LogP contribution >= 0.6 is 0 Å². The first-order chi connectivity index (χ1) is 13.2. The summed E-state index contributed by atoms with van der Waals surface area (Å²) < 4.78 is 27.2. The molecule has 0 aromatic heterocycles. The Hall–Kier alpha value is -2.18. The van der Waals surface area contributed by atoms with Gasteiger partial charge in [-0.25, -0.2) is 8.42 Å². The molecule has 6 heteroatoms. The summed E-state index contributed by atoms with van der Waals surface area (Å²) in [5.74, 6) is -0.261. The fraction of sp³-hybridized carbons (Fsp3) is 0.409. The smallest absolute Gasteiger partial charge is 0.252 e. The third-order valence-electron chi connectivity index (χ3n) is 5.40. The van der Waals surface area contributed by atoms with Crippen LogP contribution in [0.1, 0.15) is 58.4 Å². The number of rotatable bonds is 5. The summed E-state index contributed by atoms with van der Waals surface area (Å²) in [6, 6.07) is 10.8. The number of hydrogen-bond donors (Lipinski definition) is 1. The minimum absolute atomic E-state index is 0.175. The molecule has 1 fully saturated rings. The van der Waals surface area contributed by atoms with Gasteiger partial charge in [0.15, 0.2) is 0 Å². The Bertz CT molecular complexity index is 993. The molecule has 1 N–H and O–H groups in total. The lowest BCUT2D eigenvalue weighted by Crippen LogP contribution is -2.30. The molecule has 5 nitrogen and oxygen atoms in total. The first-order valence-electron chi connectivity index (χ1n) is 9.69. The zero-order chi connectivity index (χ0) is 20.5. The Balaban J connectivity index is 1.85. The molecule has 1 heterocycles. The Morgan fingerprint density at radius 1 is 1.00 bits per heavy atom. The van der Waals surface area contributed by atoms with Gasteiger partial charge in [0.05, 0.1) is 10.9 Å². The molecular formula is C22H28N2O3S. The summed E-state index contributed by atoms with van der Waals surface area (Å²) in [7, 11) is -3.55. The summed E-state index contributed by atoms with van der Waals surface area (Å²) in [6.07, 6.45) is 1.76. The number of sulfonamides is 1. The average Bonchev–Trinajstić information content (AvgIpc) is 3.17. The largest absolute Gasteiger partial charge is 0.345 e. The van der Waals surface area contributed by atoms with E-state index in [9.17, 15) is 13.2 Å². The van der Waals surface area contributed by atoms with Crippen LogP contribution in [0.5, 0.6) is 0 Å². The summed E-state index contributed by atoms with van der Waals surface area (Å²) in [4.78, 5) is 13.1. The van der Waals surface area contributed by atoms with Crippen molar-refractivity contribution in [2.45, 2.75) is 51.5 Å². The second-order valence-corrected chi connectivity index (χ2v) is 9.58. The van der Waals surface area contributed by atoms with Crippen LogP contribution in [0.2, 0.25) is 0 Å². The minimum Gasteiger partial charge on any atom is -0.345 e. The Morgan fingerprint density at radius 3 is 2.32 bits per heavy atom. The maximum Gasteiger partial charge on any atom is 0.252 e. The van der Waals surface area contributed by atoms with Crippen LogP contribution in [0.4, 0.5) is 0 Å². The van der Waals surface area contributed by atoms with E-state index in [1.807, 2.05) is 39.8 Å². The van der Waals surface area contributed by atoms with Crippen molar-refractivity contribution in [1.82, 2.24) is 9.62 Å². The van der Waals surface area contributed by atoms with Crippen molar-refractivity contribution in [2.24, 2.45) is 0 Å². The van der Waals surface area contributed by atoms with Crippen LogP contribution in [0, 0.1) is 20.8 Å². The molecule has 0 unspecified atom stereocenters. The topological polar surface area (TPSA) is 66.5 Å². The van der Waals surface area contributed by atoms with Crippen LogP contribution in [0.3, 0.4) is 0 Å². The number of carbonyl (C=O) groups excluding carboxylic acids is 1. The number of hydrogen-bond acceptors (Lipinski definition) is 3. The zero-order valence-electron chi connectivity index (χ0n) is 17.0. The molecule has 1 aliphatic rings. The number of nitrogens with zero attached hydrogens (tertiary/aromatic N) is 1. The van der Waals surface area contributed by atoms with Gasteiger partial charge in [-0.2, -0.15) is 4.31 Å². The van der Waals surface area contributed by atoms with Crippen LogP contribution in [0.15, 0.2) is 41.3 Å². The molecule has 0 bridgehead atoms. The Kier molecular flexibility index (Phi) is 5.91. The Labute approximate surface area is 167 Å². The van der Waals surface area contributed by atoms with Gasteiger partial charge < -0.3 is 5.32 Å². The van der Waals surface area contributed by atoms with Crippen LogP contribution in [-0.2, 0) is 10.0 Å². The standard InChI is InChI=1S/C22H28N2O3S/c1-15-7-10-20(17(3)13-15)18(4)23-22(25)21-14-19(9-8-16(21)2)28(26,27)24-11-5-6-12-24/h7-10,13-14,18H,5-6,11-12H2,1-4H3,(H,23,25)/t18-/m1/s1. The lowest BCUT2D eigenvalue weighted by Gasteiger charge is -2.19. The molecule has 2 aromatic carbocycles. The van der Waals surface area contributed by atoms with E-state index >= 15 is 0 Å². The van der Waals surface area contributed by atoms with E-state index in [0.29, 0.717) is 18.7 Å². The Morgan fingerprint density at radius 2 is 1.68 bits per heavy atom. The second-order valence-electron chi connectivity index (χ2n) is 7.64. The zero-order valence-corrected chi connectivity index (χ0v) is 17.8. The van der Waals surface area contributed by atoms with Crippen LogP contribution in [-0.4, -0.2) is 31.7 Å². The molecular weight excluding hydrogens is 372 g/mol. The molecule has 0 spiro atoms. The van der Waals surface area contributed by atoms with E-state index in [4.69, 9.17) is 0 Å². The lowest BCUT2D eigenvalue weighted by molar-refractivity contribution is 0.0939. The third-order valence-corrected chi connectivity index (χ3v) is 7.29. The van der Waals surface area contributed by atoms with Crippen molar-refractivity contribution in [3.05, 3.63) is 64.2 Å². The molecule has 1 amide bonds. The van der Waals surface area contributed by atoms with E-state index in [-0.39, 0.29) is 16.8 Å². The number of nitrogens with one attached hydrogen (secondary N) is 1. The number of amides is 1. The van der Waals surface area contributed by atoms with Crippen molar-refractivity contribution in [3.8, 4) is 0 Å². The van der Waals surface area contributed by atoms with E-state index in [0.717, 1.165) is 29.5 Å². The summed E-state index contributed by atoms with van der Waals surface area (Å²) in [6.45, 7) is 8.91. The number of carbonyl (C=O) groups is 1. The molecule has 0 radical (unpaired) electrons. The first kappa shape index (κ1) is 20.6. The van der Waals surface area contributed by atoms with Gasteiger partial charge >= 0.3 is 0 Å². The summed E-state index contributed by atoms with van der Waals surface area (Å²) in [5.41, 5.74) is 4.50. The lowest BCUT2D eigenvalue weighted by atomic mass is 9.99. The SMILES string of the molecule is Cc1ccc([C@@H](C)NC(=O)c2cc(S(=O)(=O)N3CCCC3)ccc2C)c(C)c1. The van der Waals surface area contributed by atoms with Crippen molar-refractivity contribution >= 4 is 15.9 Å².